The molecule has 0 bridgehead atoms. The zero-order valence-electron chi connectivity index (χ0n) is 9.60. The van der Waals surface area contributed by atoms with Gasteiger partial charge in [0.2, 0.25) is 0 Å². The third kappa shape index (κ3) is 1.88. The molecule has 1 aromatic heterocycles. The number of rotatable bonds is 2. The Bertz CT molecular complexity index is 674. The Kier molecular flexibility index (Phi) is 2.93. The lowest BCUT2D eigenvalue weighted by Gasteiger charge is -2.06. The van der Waals surface area contributed by atoms with Crippen molar-refractivity contribution in [2.45, 2.75) is 6.92 Å². The number of carbonyl (C=O) groups excluding carboxylic acids is 1. The first-order chi connectivity index (χ1) is 8.54. The van der Waals surface area contributed by atoms with Crippen molar-refractivity contribution < 1.29 is 19.1 Å². The molecule has 0 aliphatic heterocycles. The third-order valence-electron chi connectivity index (χ3n) is 2.38. The van der Waals surface area contributed by atoms with Crippen LogP contribution < -0.4 is 11.4 Å². The van der Waals surface area contributed by atoms with E-state index in [4.69, 9.17) is 10.2 Å². The maximum absolute atomic E-state index is 11.6. The zero-order chi connectivity index (χ0) is 13.3. The third-order valence-corrected chi connectivity index (χ3v) is 2.38. The molecule has 1 heterocycles. The van der Waals surface area contributed by atoms with Gasteiger partial charge in [0.25, 0.3) is 0 Å². The highest BCUT2D eigenvalue weighted by molar-refractivity contribution is 5.98. The molecule has 6 nitrogen and oxygen atoms in total. The SMILES string of the molecule is CCOC(=O)c1c(O)c2ccc(N)cc2oc1=O. The van der Waals surface area contributed by atoms with Crippen LogP contribution in [0.4, 0.5) is 5.69 Å². The van der Waals surface area contributed by atoms with E-state index in [1.54, 1.807) is 6.92 Å². The molecule has 0 unspecified atom stereocenters. The zero-order valence-corrected chi connectivity index (χ0v) is 9.60. The van der Waals surface area contributed by atoms with Gasteiger partial charge >= 0.3 is 11.6 Å². The fraction of sp³-hybridized carbons (Fsp3) is 0.167. The Morgan fingerprint density at radius 1 is 1.50 bits per heavy atom. The summed E-state index contributed by atoms with van der Waals surface area (Å²) in [6.45, 7) is 1.69. The lowest BCUT2D eigenvalue weighted by atomic mass is 10.1. The predicted octanol–water partition coefficient (Wildman–Crippen LogP) is 1.26. The van der Waals surface area contributed by atoms with Crippen molar-refractivity contribution in [2.75, 3.05) is 12.3 Å². The lowest BCUT2D eigenvalue weighted by Crippen LogP contribution is -2.16. The first-order valence-corrected chi connectivity index (χ1v) is 5.27. The van der Waals surface area contributed by atoms with E-state index in [1.165, 1.54) is 18.2 Å². The molecule has 0 fully saturated rings. The number of aromatic hydroxyl groups is 1. The van der Waals surface area contributed by atoms with E-state index >= 15 is 0 Å². The maximum atomic E-state index is 11.6. The second-order valence-corrected chi connectivity index (χ2v) is 3.59. The van der Waals surface area contributed by atoms with Crippen molar-refractivity contribution >= 4 is 22.6 Å². The van der Waals surface area contributed by atoms with E-state index < -0.39 is 22.9 Å². The number of hydrogen-bond donors (Lipinski definition) is 2. The minimum atomic E-state index is -0.955. The van der Waals surface area contributed by atoms with Crippen LogP contribution in [0.2, 0.25) is 0 Å². The van der Waals surface area contributed by atoms with Gasteiger partial charge in [-0.3, -0.25) is 0 Å². The molecule has 1 aromatic carbocycles. The second kappa shape index (κ2) is 4.40. The monoisotopic (exact) mass is 249 g/mol. The average molecular weight is 249 g/mol. The van der Waals surface area contributed by atoms with E-state index in [2.05, 4.69) is 4.74 Å². The Labute approximate surface area is 102 Å². The van der Waals surface area contributed by atoms with E-state index in [0.29, 0.717) is 5.69 Å². The number of carbonyl (C=O) groups is 1. The van der Waals surface area contributed by atoms with Gasteiger partial charge in [0.15, 0.2) is 5.56 Å². The van der Waals surface area contributed by atoms with Gasteiger partial charge in [-0.05, 0) is 19.1 Å². The highest BCUT2D eigenvalue weighted by Crippen LogP contribution is 2.27. The molecule has 0 atom stereocenters. The number of benzene rings is 1. The Morgan fingerprint density at radius 2 is 2.22 bits per heavy atom. The largest absolute Gasteiger partial charge is 0.506 e. The van der Waals surface area contributed by atoms with Crippen molar-refractivity contribution in [2.24, 2.45) is 0 Å². The number of hydrogen-bond acceptors (Lipinski definition) is 6. The molecular formula is C12H11NO5. The number of nitrogen functional groups attached to an aromatic ring is 1. The van der Waals surface area contributed by atoms with Gasteiger partial charge in [0, 0.05) is 11.8 Å². The van der Waals surface area contributed by atoms with Crippen molar-refractivity contribution in [3.63, 3.8) is 0 Å². The summed E-state index contributed by atoms with van der Waals surface area (Å²) in [5.41, 5.74) is 4.57. The quantitative estimate of drug-likeness (QED) is 0.471. The summed E-state index contributed by atoms with van der Waals surface area (Å²) in [7, 11) is 0. The van der Waals surface area contributed by atoms with Crippen molar-refractivity contribution in [3.8, 4) is 5.75 Å². The topological polar surface area (TPSA) is 103 Å². The highest BCUT2D eigenvalue weighted by Gasteiger charge is 2.21. The smallest absolute Gasteiger partial charge is 0.354 e. The standard InChI is InChI=1S/C12H11NO5/c1-2-17-11(15)9-10(14)7-4-3-6(13)5-8(7)18-12(9)16/h3-5,14H,2,13H2,1H3. The molecule has 2 aromatic rings. The van der Waals surface area contributed by atoms with Crippen LogP contribution in [0.5, 0.6) is 5.75 Å². The summed E-state index contributed by atoms with van der Waals surface area (Å²) in [5, 5.41) is 10.1. The van der Waals surface area contributed by atoms with Gasteiger partial charge in [0.1, 0.15) is 11.3 Å². The number of anilines is 1. The van der Waals surface area contributed by atoms with Crippen molar-refractivity contribution in [1.82, 2.24) is 0 Å². The molecule has 0 saturated carbocycles. The first kappa shape index (κ1) is 12.0. The summed E-state index contributed by atoms with van der Waals surface area (Å²) in [6, 6.07) is 4.38. The first-order valence-electron chi connectivity index (χ1n) is 5.27. The van der Waals surface area contributed by atoms with Crippen molar-refractivity contribution in [3.05, 3.63) is 34.2 Å². The minimum Gasteiger partial charge on any atom is -0.506 e. The van der Waals surface area contributed by atoms with Crippen LogP contribution in [-0.2, 0) is 4.74 Å². The van der Waals surface area contributed by atoms with Crippen LogP contribution in [-0.4, -0.2) is 17.7 Å². The molecule has 0 amide bonds. The molecule has 0 radical (unpaired) electrons. The summed E-state index contributed by atoms with van der Waals surface area (Å²) < 4.78 is 9.60. The highest BCUT2D eigenvalue weighted by atomic mass is 16.5. The van der Waals surface area contributed by atoms with Crippen LogP contribution in [0.25, 0.3) is 11.0 Å². The Hall–Kier alpha value is -2.50. The van der Waals surface area contributed by atoms with Gasteiger partial charge in [-0.1, -0.05) is 0 Å². The predicted molar refractivity (Wildman–Crippen MR) is 64.5 cm³/mol. The Balaban J connectivity index is 2.73. The summed E-state index contributed by atoms with van der Waals surface area (Å²) in [6.07, 6.45) is 0. The number of esters is 1. The van der Waals surface area contributed by atoms with Crippen LogP contribution in [0.1, 0.15) is 17.3 Å². The lowest BCUT2D eigenvalue weighted by molar-refractivity contribution is 0.0518. The molecule has 2 rings (SSSR count). The molecule has 6 heteroatoms. The van der Waals surface area contributed by atoms with Crippen LogP contribution in [0.15, 0.2) is 27.4 Å². The van der Waals surface area contributed by atoms with Crippen molar-refractivity contribution in [1.29, 1.82) is 0 Å². The number of nitrogens with two attached hydrogens (primary N) is 1. The number of ether oxygens (including phenoxy) is 1. The van der Waals surface area contributed by atoms with E-state index in [0.717, 1.165) is 0 Å². The normalized spacial score (nSPS) is 10.5. The van der Waals surface area contributed by atoms with E-state index in [-0.39, 0.29) is 17.6 Å². The molecule has 94 valence electrons. The molecule has 0 saturated heterocycles. The van der Waals surface area contributed by atoms with Gasteiger partial charge in [0.05, 0.1) is 12.0 Å². The Morgan fingerprint density at radius 3 is 2.89 bits per heavy atom. The maximum Gasteiger partial charge on any atom is 0.354 e. The van der Waals surface area contributed by atoms with E-state index in [9.17, 15) is 14.7 Å². The molecule has 0 spiro atoms. The van der Waals surface area contributed by atoms with E-state index in [1.807, 2.05) is 0 Å². The summed E-state index contributed by atoms with van der Waals surface area (Å²) >= 11 is 0. The van der Waals surface area contributed by atoms with Crippen LogP contribution >= 0.6 is 0 Å². The van der Waals surface area contributed by atoms with Gasteiger partial charge in [-0.25, -0.2) is 9.59 Å². The fourth-order valence-corrected chi connectivity index (χ4v) is 1.58. The molecule has 0 aliphatic carbocycles. The average Bonchev–Trinajstić information content (AvgIpc) is 2.28. The number of fused-ring (bicyclic) bond motifs is 1. The summed E-state index contributed by atoms with van der Waals surface area (Å²) in [5.74, 6) is -1.37. The second-order valence-electron chi connectivity index (χ2n) is 3.59. The van der Waals surface area contributed by atoms with Crippen LogP contribution in [0, 0.1) is 0 Å². The van der Waals surface area contributed by atoms with Gasteiger partial charge in [-0.15, -0.1) is 0 Å². The molecule has 0 aliphatic rings. The molecular weight excluding hydrogens is 238 g/mol. The van der Waals surface area contributed by atoms with Gasteiger partial charge < -0.3 is 20.0 Å². The van der Waals surface area contributed by atoms with Crippen LogP contribution in [0.3, 0.4) is 0 Å². The molecule has 18 heavy (non-hydrogen) atoms. The minimum absolute atomic E-state index is 0.0947. The fourth-order valence-electron chi connectivity index (χ4n) is 1.58. The summed E-state index contributed by atoms with van der Waals surface area (Å²) in [4.78, 5) is 23.1. The van der Waals surface area contributed by atoms with Gasteiger partial charge in [-0.2, -0.15) is 0 Å². The molecule has 3 N–H and O–H groups in total.